The zero-order chi connectivity index (χ0) is 17.9. The quantitative estimate of drug-likeness (QED) is 0.212. The van der Waals surface area contributed by atoms with Crippen molar-refractivity contribution in [2.75, 3.05) is 13.2 Å². The van der Waals surface area contributed by atoms with Gasteiger partial charge in [-0.05, 0) is 0 Å². The van der Waals surface area contributed by atoms with Crippen molar-refractivity contribution in [1.82, 2.24) is 0 Å². The van der Waals surface area contributed by atoms with E-state index in [1.807, 2.05) is 0 Å². The van der Waals surface area contributed by atoms with Crippen LogP contribution in [0.4, 0.5) is 0 Å². The van der Waals surface area contributed by atoms with Crippen molar-refractivity contribution in [3.63, 3.8) is 0 Å². The summed E-state index contributed by atoms with van der Waals surface area (Å²) in [6, 6.07) is 0. The third-order valence-electron chi connectivity index (χ3n) is 3.72. The van der Waals surface area contributed by atoms with Gasteiger partial charge in [0.25, 0.3) is 0 Å². The first kappa shape index (κ1) is 20.3. The van der Waals surface area contributed by atoms with Gasteiger partial charge in [-0.25, -0.2) is 0 Å². The van der Waals surface area contributed by atoms with Crippen LogP contribution in [0.1, 0.15) is 0 Å². The Balaban J connectivity index is 2.85. The van der Waals surface area contributed by atoms with Crippen molar-refractivity contribution in [2.45, 2.75) is 54.9 Å². The predicted octanol–water partition coefficient (Wildman–Crippen LogP) is -6.17. The molecule has 1 rings (SSSR count). The third kappa shape index (κ3) is 4.22. The summed E-state index contributed by atoms with van der Waals surface area (Å²) < 4.78 is 4.91. The van der Waals surface area contributed by atoms with Crippen molar-refractivity contribution in [2.24, 2.45) is 0 Å². The Morgan fingerprint density at radius 3 is 1.96 bits per heavy atom. The van der Waals surface area contributed by atoms with E-state index in [0.29, 0.717) is 0 Å². The lowest BCUT2D eigenvalue weighted by Crippen LogP contribution is -2.63. The number of aliphatic hydroxyl groups excluding tert-OH is 9. The summed E-state index contributed by atoms with van der Waals surface area (Å²) >= 11 is 0. The molecule has 136 valence electrons. The molecule has 0 aliphatic carbocycles. The fraction of sp³-hybridized carbons (Fsp3) is 0.917. The molecule has 9 atom stereocenters. The molecule has 0 spiro atoms. The fourth-order valence-corrected chi connectivity index (χ4v) is 2.20. The van der Waals surface area contributed by atoms with Crippen LogP contribution in [0.2, 0.25) is 0 Å². The van der Waals surface area contributed by atoms with Crippen LogP contribution in [0, 0.1) is 0 Å². The van der Waals surface area contributed by atoms with E-state index in [2.05, 4.69) is 0 Å². The maximum atomic E-state index is 12.1. The first-order valence-corrected chi connectivity index (χ1v) is 6.84. The number of rotatable bonds is 7. The van der Waals surface area contributed by atoms with Gasteiger partial charge in [0.05, 0.1) is 13.2 Å². The first-order valence-electron chi connectivity index (χ1n) is 6.84. The molecule has 0 aromatic heterocycles. The molecular weight excluding hydrogens is 320 g/mol. The minimum atomic E-state index is -2.33. The van der Waals surface area contributed by atoms with Crippen molar-refractivity contribution in [3.8, 4) is 0 Å². The molecule has 1 aliphatic rings. The molecule has 1 heterocycles. The van der Waals surface area contributed by atoms with Crippen LogP contribution in [0.5, 0.6) is 0 Å². The van der Waals surface area contributed by atoms with E-state index in [4.69, 9.17) is 14.9 Å². The summed E-state index contributed by atoms with van der Waals surface area (Å²) in [5.41, 5.74) is 0. The number of hydrogen-bond acceptors (Lipinski definition) is 11. The van der Waals surface area contributed by atoms with Crippen LogP contribution in [0.3, 0.4) is 0 Å². The highest BCUT2D eigenvalue weighted by Gasteiger charge is 2.49. The van der Waals surface area contributed by atoms with Crippen LogP contribution in [-0.4, -0.2) is 120 Å². The van der Waals surface area contributed by atoms with Gasteiger partial charge in [0, 0.05) is 0 Å². The maximum absolute atomic E-state index is 12.1. The maximum Gasteiger partial charge on any atom is 0.195 e. The highest BCUT2D eigenvalue weighted by Crippen LogP contribution is 2.23. The second-order valence-corrected chi connectivity index (χ2v) is 5.33. The molecule has 11 heteroatoms. The molecule has 1 fully saturated rings. The van der Waals surface area contributed by atoms with Gasteiger partial charge < -0.3 is 50.7 Å². The number of carbonyl (C=O) groups excluding carboxylic acids is 1. The summed E-state index contributed by atoms with van der Waals surface area (Å²) in [5, 5.41) is 84.5. The standard InChI is InChI=1S/C12H22O11/c13-1-3(15)5(16)7(18)9(20)11(22)12-10(21)8(19)6(17)4(2-14)23-12/h3-10,12-21H,1-2H2/t3-,4-,5+,6-,7+,8+,9-,10-,12?/m1/s1. The molecule has 0 radical (unpaired) electrons. The van der Waals surface area contributed by atoms with Gasteiger partial charge in [0.2, 0.25) is 0 Å². The van der Waals surface area contributed by atoms with Crippen LogP contribution in [-0.2, 0) is 9.53 Å². The molecule has 0 amide bonds. The Morgan fingerprint density at radius 2 is 1.48 bits per heavy atom. The number of carbonyl (C=O) groups is 1. The first-order chi connectivity index (χ1) is 10.7. The number of ketones is 1. The molecule has 1 saturated heterocycles. The highest BCUT2D eigenvalue weighted by molar-refractivity contribution is 5.88. The highest BCUT2D eigenvalue weighted by atomic mass is 16.5. The molecule has 23 heavy (non-hydrogen) atoms. The Kier molecular flexibility index (Phi) is 7.41. The molecule has 1 aliphatic heterocycles. The van der Waals surface area contributed by atoms with Crippen molar-refractivity contribution >= 4 is 5.78 Å². The van der Waals surface area contributed by atoms with Crippen molar-refractivity contribution in [1.29, 1.82) is 0 Å². The molecule has 0 aromatic carbocycles. The Bertz CT molecular complexity index is 389. The zero-order valence-corrected chi connectivity index (χ0v) is 12.0. The lowest BCUT2D eigenvalue weighted by molar-refractivity contribution is -0.231. The van der Waals surface area contributed by atoms with E-state index >= 15 is 0 Å². The second kappa shape index (κ2) is 8.39. The topological polar surface area (TPSA) is 208 Å². The van der Waals surface area contributed by atoms with Gasteiger partial charge in [-0.2, -0.15) is 0 Å². The summed E-state index contributed by atoms with van der Waals surface area (Å²) in [4.78, 5) is 12.1. The molecule has 1 unspecified atom stereocenters. The average molecular weight is 342 g/mol. The summed E-state index contributed by atoms with van der Waals surface area (Å²) in [6.07, 6.45) is -17.2. The Labute approximate surface area is 130 Å². The van der Waals surface area contributed by atoms with Gasteiger partial charge in [0.15, 0.2) is 5.78 Å². The van der Waals surface area contributed by atoms with Gasteiger partial charge in [-0.1, -0.05) is 0 Å². The minimum Gasteiger partial charge on any atom is -0.394 e. The van der Waals surface area contributed by atoms with Crippen LogP contribution >= 0.6 is 0 Å². The third-order valence-corrected chi connectivity index (χ3v) is 3.72. The number of aliphatic hydroxyl groups is 9. The van der Waals surface area contributed by atoms with E-state index in [9.17, 15) is 40.5 Å². The number of ether oxygens (including phenoxy) is 1. The van der Waals surface area contributed by atoms with E-state index in [-0.39, 0.29) is 0 Å². The van der Waals surface area contributed by atoms with Gasteiger partial charge in [-0.3, -0.25) is 4.79 Å². The Morgan fingerprint density at radius 1 is 0.913 bits per heavy atom. The number of Topliss-reactive ketones (excluding diaryl/α,β-unsaturated/α-hetero) is 1. The lowest BCUT2D eigenvalue weighted by atomic mass is 9.89. The predicted molar refractivity (Wildman–Crippen MR) is 69.9 cm³/mol. The van der Waals surface area contributed by atoms with E-state index in [0.717, 1.165) is 0 Å². The molecule has 9 N–H and O–H groups in total. The molecule has 0 saturated carbocycles. The van der Waals surface area contributed by atoms with E-state index < -0.39 is 73.9 Å². The van der Waals surface area contributed by atoms with Crippen molar-refractivity contribution in [3.05, 3.63) is 0 Å². The van der Waals surface area contributed by atoms with E-state index in [1.165, 1.54) is 0 Å². The van der Waals surface area contributed by atoms with Gasteiger partial charge in [-0.15, -0.1) is 0 Å². The van der Waals surface area contributed by atoms with Crippen molar-refractivity contribution < 1.29 is 55.5 Å². The summed E-state index contributed by atoms with van der Waals surface area (Å²) in [5.74, 6) is -1.35. The SMILES string of the molecule is O=C(C1O[C@H](CO)[C@@H](O)[C@H](O)[C@H]1O)[C@H](O)[C@@H](O)[C@@H](O)[C@H](O)CO. The minimum absolute atomic E-state index is 0.792. The smallest absolute Gasteiger partial charge is 0.195 e. The normalized spacial score (nSPS) is 37.0. The fourth-order valence-electron chi connectivity index (χ4n) is 2.20. The summed E-state index contributed by atoms with van der Waals surface area (Å²) in [6.45, 7) is -1.74. The van der Waals surface area contributed by atoms with E-state index in [1.54, 1.807) is 0 Å². The second-order valence-electron chi connectivity index (χ2n) is 5.33. The molecular formula is C12H22O11. The average Bonchev–Trinajstić information content (AvgIpc) is 2.56. The molecule has 0 aromatic rings. The van der Waals surface area contributed by atoms with Crippen LogP contribution < -0.4 is 0 Å². The van der Waals surface area contributed by atoms with Gasteiger partial charge >= 0.3 is 0 Å². The van der Waals surface area contributed by atoms with Crippen LogP contribution in [0.15, 0.2) is 0 Å². The monoisotopic (exact) mass is 342 g/mol. The largest absolute Gasteiger partial charge is 0.394 e. The number of hydrogen-bond donors (Lipinski definition) is 9. The van der Waals surface area contributed by atoms with Gasteiger partial charge in [0.1, 0.15) is 54.9 Å². The summed E-state index contributed by atoms with van der Waals surface area (Å²) in [7, 11) is 0. The van der Waals surface area contributed by atoms with Crippen LogP contribution in [0.25, 0.3) is 0 Å². The molecule has 0 bridgehead atoms. The molecule has 11 nitrogen and oxygen atoms in total. The lowest BCUT2D eigenvalue weighted by Gasteiger charge is -2.40. The Hall–Kier alpha value is -0.730. The zero-order valence-electron chi connectivity index (χ0n) is 12.0.